The molecule has 0 amide bonds. The quantitative estimate of drug-likeness (QED) is 0.165. The van der Waals surface area contributed by atoms with Gasteiger partial charge in [-0.1, -0.05) is 23.9 Å². The van der Waals surface area contributed by atoms with Crippen LogP contribution in [0.25, 0.3) is 21.0 Å². The Bertz CT molecular complexity index is 1490. The van der Waals surface area contributed by atoms with Gasteiger partial charge in [0.1, 0.15) is 16.4 Å². The van der Waals surface area contributed by atoms with Crippen molar-refractivity contribution in [3.63, 3.8) is 0 Å². The van der Waals surface area contributed by atoms with Crippen molar-refractivity contribution >= 4 is 49.9 Å². The lowest BCUT2D eigenvalue weighted by Gasteiger charge is -2.35. The number of methoxy groups -OCH3 is 1. The summed E-state index contributed by atoms with van der Waals surface area (Å²) in [6.45, 7) is 4.90. The lowest BCUT2D eigenvalue weighted by Crippen LogP contribution is -2.47. The molecule has 194 valence electrons. The number of aromatic nitrogens is 3. The van der Waals surface area contributed by atoms with Gasteiger partial charge in [-0.3, -0.25) is 9.69 Å². The first kappa shape index (κ1) is 24.5. The lowest BCUT2D eigenvalue weighted by atomic mass is 9.97. The highest BCUT2D eigenvalue weighted by atomic mass is 32.2. The Morgan fingerprint density at radius 1 is 1.11 bits per heavy atom. The lowest BCUT2D eigenvalue weighted by molar-refractivity contribution is 0.259. The van der Waals surface area contributed by atoms with E-state index in [2.05, 4.69) is 15.9 Å². The van der Waals surface area contributed by atoms with Crippen molar-refractivity contribution in [1.29, 1.82) is 0 Å². The van der Waals surface area contributed by atoms with Gasteiger partial charge in [-0.05, 0) is 56.3 Å². The standard InChI is InChI=1S/C27H32N6O2S2/c1-35-21-8-4-7-19-18(21)10-11-29-24(19)32-15-13-31(14-16-32)12-5-17-36-27-30-25-23(26(34)33(27)28)20-6-2-3-9-22(20)37-25/h4,7-8,10-11H,2-3,5-6,9,12-17,28H2,1H3. The molecule has 0 spiro atoms. The maximum absolute atomic E-state index is 13.0. The van der Waals surface area contributed by atoms with Crippen LogP contribution in [0.3, 0.4) is 0 Å². The van der Waals surface area contributed by atoms with E-state index in [4.69, 9.17) is 20.5 Å². The minimum Gasteiger partial charge on any atom is -0.496 e. The Labute approximate surface area is 224 Å². The van der Waals surface area contributed by atoms with Crippen molar-refractivity contribution in [3.8, 4) is 5.75 Å². The van der Waals surface area contributed by atoms with Gasteiger partial charge in [0, 0.05) is 53.8 Å². The predicted octanol–water partition coefficient (Wildman–Crippen LogP) is 3.91. The summed E-state index contributed by atoms with van der Waals surface area (Å²) in [6.07, 6.45) is 7.25. The molecule has 1 aliphatic heterocycles. The number of hydrogen-bond acceptors (Lipinski definition) is 9. The fraction of sp³-hybridized carbons (Fsp3) is 0.444. The van der Waals surface area contributed by atoms with E-state index in [-0.39, 0.29) is 5.56 Å². The molecule has 2 N–H and O–H groups in total. The third-order valence-electron chi connectivity index (χ3n) is 7.48. The molecular formula is C27H32N6O2S2. The number of thiophene rings is 1. The number of pyridine rings is 1. The molecule has 0 radical (unpaired) electrons. The molecule has 37 heavy (non-hydrogen) atoms. The first-order chi connectivity index (χ1) is 18.1. The SMILES string of the molecule is COc1cccc2c(N3CCN(CCCSc4nc5sc6c(c5c(=O)n4N)CCCC6)CC3)nccc12. The van der Waals surface area contributed by atoms with E-state index in [1.54, 1.807) is 30.2 Å². The normalized spacial score (nSPS) is 16.4. The Morgan fingerprint density at radius 3 is 2.78 bits per heavy atom. The molecule has 1 aromatic carbocycles. The molecule has 1 saturated heterocycles. The molecule has 0 atom stereocenters. The van der Waals surface area contributed by atoms with Gasteiger partial charge >= 0.3 is 0 Å². The Morgan fingerprint density at radius 2 is 1.95 bits per heavy atom. The Balaban J connectivity index is 1.04. The minimum absolute atomic E-state index is 0.0947. The van der Waals surface area contributed by atoms with E-state index in [1.807, 2.05) is 24.4 Å². The Kier molecular flexibility index (Phi) is 6.96. The van der Waals surface area contributed by atoms with E-state index in [0.717, 1.165) is 96.7 Å². The molecule has 1 fully saturated rings. The number of hydrogen-bond donors (Lipinski definition) is 1. The monoisotopic (exact) mass is 536 g/mol. The summed E-state index contributed by atoms with van der Waals surface area (Å²) < 4.78 is 6.80. The van der Waals surface area contributed by atoms with Crippen LogP contribution < -0.4 is 21.0 Å². The van der Waals surface area contributed by atoms with Crippen molar-refractivity contribution in [2.24, 2.45) is 0 Å². The number of nitrogens with zero attached hydrogens (tertiary/aromatic N) is 5. The van der Waals surface area contributed by atoms with Crippen LogP contribution in [-0.2, 0) is 12.8 Å². The first-order valence-electron chi connectivity index (χ1n) is 13.0. The van der Waals surface area contributed by atoms with E-state index in [9.17, 15) is 4.79 Å². The number of thioether (sulfide) groups is 1. The molecule has 0 unspecified atom stereocenters. The highest BCUT2D eigenvalue weighted by Crippen LogP contribution is 2.35. The van der Waals surface area contributed by atoms with Gasteiger partial charge in [0.05, 0.1) is 12.5 Å². The molecule has 4 heterocycles. The third-order valence-corrected chi connectivity index (χ3v) is 9.70. The summed E-state index contributed by atoms with van der Waals surface area (Å²) in [5, 5.41) is 3.61. The summed E-state index contributed by atoms with van der Waals surface area (Å²) in [5.41, 5.74) is 1.10. The maximum atomic E-state index is 13.0. The van der Waals surface area contributed by atoms with Crippen molar-refractivity contribution in [1.82, 2.24) is 19.5 Å². The molecule has 0 saturated carbocycles. The second-order valence-electron chi connectivity index (χ2n) is 9.68. The number of nitrogens with two attached hydrogens (primary N) is 1. The van der Waals surface area contributed by atoms with E-state index >= 15 is 0 Å². The van der Waals surface area contributed by atoms with Crippen LogP contribution in [0.5, 0.6) is 5.75 Å². The molecule has 1 aliphatic carbocycles. The summed E-state index contributed by atoms with van der Waals surface area (Å²) >= 11 is 3.27. The zero-order valence-corrected chi connectivity index (χ0v) is 22.7. The van der Waals surface area contributed by atoms with Gasteiger partial charge in [0.2, 0.25) is 0 Å². The largest absolute Gasteiger partial charge is 0.496 e. The molecule has 10 heteroatoms. The molecule has 2 aliphatic rings. The van der Waals surface area contributed by atoms with Crippen LogP contribution in [0.4, 0.5) is 5.82 Å². The first-order valence-corrected chi connectivity index (χ1v) is 14.8. The topological polar surface area (TPSA) is 89.5 Å². The number of anilines is 1. The van der Waals surface area contributed by atoms with Crippen molar-refractivity contribution in [2.75, 3.05) is 56.3 Å². The highest BCUT2D eigenvalue weighted by molar-refractivity contribution is 7.99. The molecule has 4 aromatic rings. The zero-order valence-electron chi connectivity index (χ0n) is 21.1. The van der Waals surface area contributed by atoms with Gasteiger partial charge in [0.15, 0.2) is 5.16 Å². The summed E-state index contributed by atoms with van der Waals surface area (Å²) in [4.78, 5) is 29.5. The summed E-state index contributed by atoms with van der Waals surface area (Å²) in [7, 11) is 1.71. The number of benzene rings is 1. The molecule has 6 rings (SSSR count). The van der Waals surface area contributed by atoms with Gasteiger partial charge < -0.3 is 15.5 Å². The van der Waals surface area contributed by atoms with E-state index in [0.29, 0.717) is 5.16 Å². The fourth-order valence-electron chi connectivity index (χ4n) is 5.53. The van der Waals surface area contributed by atoms with Gasteiger partial charge in [-0.2, -0.15) is 0 Å². The van der Waals surface area contributed by atoms with Crippen LogP contribution in [-0.4, -0.2) is 65.1 Å². The van der Waals surface area contributed by atoms with Crippen LogP contribution >= 0.6 is 23.1 Å². The predicted molar refractivity (Wildman–Crippen MR) is 153 cm³/mol. The minimum atomic E-state index is -0.0947. The third kappa shape index (κ3) is 4.66. The Hall–Kier alpha value is -2.82. The second kappa shape index (κ2) is 10.5. The second-order valence-corrected chi connectivity index (χ2v) is 11.8. The van der Waals surface area contributed by atoms with Crippen LogP contribution in [0.2, 0.25) is 0 Å². The van der Waals surface area contributed by atoms with Crippen LogP contribution in [0.1, 0.15) is 29.7 Å². The number of aryl methyl sites for hydroxylation is 2. The van der Waals surface area contributed by atoms with Crippen LogP contribution in [0, 0.1) is 0 Å². The zero-order chi connectivity index (χ0) is 25.4. The highest BCUT2D eigenvalue weighted by Gasteiger charge is 2.22. The number of nitrogen functional groups attached to an aromatic ring is 1. The molecular weight excluding hydrogens is 504 g/mol. The van der Waals surface area contributed by atoms with E-state index in [1.165, 1.54) is 21.5 Å². The number of piperazine rings is 1. The van der Waals surface area contributed by atoms with Gasteiger partial charge in [-0.15, -0.1) is 11.3 Å². The van der Waals surface area contributed by atoms with Gasteiger partial charge in [0.25, 0.3) is 5.56 Å². The fourth-order valence-corrected chi connectivity index (χ4v) is 7.67. The summed E-state index contributed by atoms with van der Waals surface area (Å²) in [6, 6.07) is 8.16. The molecule has 8 nitrogen and oxygen atoms in total. The van der Waals surface area contributed by atoms with E-state index < -0.39 is 0 Å². The number of ether oxygens (including phenoxy) is 1. The smallest absolute Gasteiger partial charge is 0.281 e. The number of fused-ring (bicyclic) bond motifs is 4. The number of rotatable bonds is 7. The van der Waals surface area contributed by atoms with Crippen LogP contribution in [0.15, 0.2) is 40.4 Å². The molecule has 0 bridgehead atoms. The maximum Gasteiger partial charge on any atom is 0.281 e. The average molecular weight is 537 g/mol. The van der Waals surface area contributed by atoms with Crippen molar-refractivity contribution in [3.05, 3.63) is 51.3 Å². The molecule has 3 aromatic heterocycles. The van der Waals surface area contributed by atoms with Crippen molar-refractivity contribution < 1.29 is 4.74 Å². The van der Waals surface area contributed by atoms with Crippen molar-refractivity contribution in [2.45, 2.75) is 37.3 Å². The average Bonchev–Trinajstić information content (AvgIpc) is 3.31. The summed E-state index contributed by atoms with van der Waals surface area (Å²) in [5.74, 6) is 8.98. The van der Waals surface area contributed by atoms with Gasteiger partial charge in [-0.25, -0.2) is 14.6 Å².